The number of carbonyl (C=O) groups is 1. The predicted molar refractivity (Wildman–Crippen MR) is 62.7 cm³/mol. The molecular weight excluding hydrogens is 220 g/mol. The van der Waals surface area contributed by atoms with Crippen molar-refractivity contribution in [2.45, 2.75) is 17.0 Å². The van der Waals surface area contributed by atoms with Crippen molar-refractivity contribution < 1.29 is 4.79 Å². The SMILES string of the molecule is Cc1ccc(Sc2ncccn2)c(C=O)c1. The highest BCUT2D eigenvalue weighted by atomic mass is 32.2. The van der Waals surface area contributed by atoms with Crippen molar-refractivity contribution in [1.82, 2.24) is 9.97 Å². The van der Waals surface area contributed by atoms with Crippen LogP contribution in [0.2, 0.25) is 0 Å². The van der Waals surface area contributed by atoms with Gasteiger partial charge in [0.1, 0.15) is 0 Å². The summed E-state index contributed by atoms with van der Waals surface area (Å²) >= 11 is 1.39. The molecule has 2 rings (SSSR count). The summed E-state index contributed by atoms with van der Waals surface area (Å²) in [4.78, 5) is 20.0. The maximum atomic E-state index is 10.9. The molecule has 16 heavy (non-hydrogen) atoms. The van der Waals surface area contributed by atoms with Crippen LogP contribution in [0.25, 0.3) is 0 Å². The number of benzene rings is 1. The first-order valence-corrected chi connectivity index (χ1v) is 5.62. The zero-order chi connectivity index (χ0) is 11.4. The molecule has 0 atom stereocenters. The Kier molecular flexibility index (Phi) is 3.31. The lowest BCUT2D eigenvalue weighted by Crippen LogP contribution is -1.89. The van der Waals surface area contributed by atoms with Crippen LogP contribution in [0.15, 0.2) is 46.7 Å². The van der Waals surface area contributed by atoms with Crippen LogP contribution in [0, 0.1) is 6.92 Å². The van der Waals surface area contributed by atoms with Crippen LogP contribution in [0.3, 0.4) is 0 Å². The molecule has 0 aliphatic rings. The van der Waals surface area contributed by atoms with E-state index in [0.29, 0.717) is 10.7 Å². The van der Waals surface area contributed by atoms with E-state index >= 15 is 0 Å². The van der Waals surface area contributed by atoms with E-state index in [4.69, 9.17) is 0 Å². The minimum absolute atomic E-state index is 0.648. The number of rotatable bonds is 3. The van der Waals surface area contributed by atoms with Gasteiger partial charge in [-0.2, -0.15) is 0 Å². The number of hydrogen-bond acceptors (Lipinski definition) is 4. The molecule has 0 amide bonds. The average Bonchev–Trinajstić information content (AvgIpc) is 2.33. The molecule has 1 aromatic carbocycles. The third kappa shape index (κ3) is 2.46. The smallest absolute Gasteiger partial charge is 0.192 e. The summed E-state index contributed by atoms with van der Waals surface area (Å²) in [7, 11) is 0. The zero-order valence-electron chi connectivity index (χ0n) is 8.75. The van der Waals surface area contributed by atoms with Crippen molar-refractivity contribution in [3.63, 3.8) is 0 Å². The fraction of sp³-hybridized carbons (Fsp3) is 0.0833. The normalized spacial score (nSPS) is 10.1. The van der Waals surface area contributed by atoms with E-state index in [1.165, 1.54) is 11.8 Å². The lowest BCUT2D eigenvalue weighted by atomic mass is 10.2. The second-order valence-corrected chi connectivity index (χ2v) is 4.30. The summed E-state index contributed by atoms with van der Waals surface area (Å²) in [5.74, 6) is 0. The van der Waals surface area contributed by atoms with Crippen molar-refractivity contribution in [2.24, 2.45) is 0 Å². The number of carbonyl (C=O) groups excluding carboxylic acids is 1. The topological polar surface area (TPSA) is 42.9 Å². The van der Waals surface area contributed by atoms with Crippen LogP contribution in [0.5, 0.6) is 0 Å². The van der Waals surface area contributed by atoms with E-state index in [1.807, 2.05) is 25.1 Å². The zero-order valence-corrected chi connectivity index (χ0v) is 9.57. The van der Waals surface area contributed by atoms with Crippen molar-refractivity contribution in [3.05, 3.63) is 47.8 Å². The van der Waals surface area contributed by atoms with Gasteiger partial charge < -0.3 is 0 Å². The molecule has 0 aliphatic heterocycles. The summed E-state index contributed by atoms with van der Waals surface area (Å²) in [5, 5.41) is 0.648. The molecule has 4 heteroatoms. The van der Waals surface area contributed by atoms with Crippen molar-refractivity contribution >= 4 is 18.0 Å². The first-order chi connectivity index (χ1) is 7.79. The third-order valence-corrected chi connectivity index (χ3v) is 3.02. The lowest BCUT2D eigenvalue weighted by molar-refractivity contribution is 0.112. The van der Waals surface area contributed by atoms with E-state index in [2.05, 4.69) is 9.97 Å². The quantitative estimate of drug-likeness (QED) is 0.600. The highest BCUT2D eigenvalue weighted by Crippen LogP contribution is 2.27. The van der Waals surface area contributed by atoms with Crippen LogP contribution in [0.1, 0.15) is 15.9 Å². The van der Waals surface area contributed by atoms with Gasteiger partial charge in [0.25, 0.3) is 0 Å². The maximum absolute atomic E-state index is 10.9. The van der Waals surface area contributed by atoms with Crippen LogP contribution >= 0.6 is 11.8 Å². The highest BCUT2D eigenvalue weighted by molar-refractivity contribution is 7.99. The lowest BCUT2D eigenvalue weighted by Gasteiger charge is -2.03. The maximum Gasteiger partial charge on any atom is 0.192 e. The Labute approximate surface area is 97.9 Å². The summed E-state index contributed by atoms with van der Waals surface area (Å²) in [6.07, 6.45) is 4.23. The number of aldehydes is 1. The Morgan fingerprint density at radius 2 is 2.00 bits per heavy atom. The largest absolute Gasteiger partial charge is 0.298 e. The monoisotopic (exact) mass is 230 g/mol. The molecule has 0 spiro atoms. The first-order valence-electron chi connectivity index (χ1n) is 4.80. The molecule has 1 heterocycles. The first kappa shape index (κ1) is 10.8. The van der Waals surface area contributed by atoms with Gasteiger partial charge in [0.15, 0.2) is 11.4 Å². The van der Waals surface area contributed by atoms with Gasteiger partial charge in [-0.25, -0.2) is 9.97 Å². The predicted octanol–water partition coefficient (Wildman–Crippen LogP) is 2.75. The molecule has 0 radical (unpaired) electrons. The number of nitrogens with zero attached hydrogens (tertiary/aromatic N) is 2. The average molecular weight is 230 g/mol. The molecule has 3 nitrogen and oxygen atoms in total. The van der Waals surface area contributed by atoms with E-state index < -0.39 is 0 Å². The Bertz CT molecular complexity index is 500. The van der Waals surface area contributed by atoms with E-state index in [9.17, 15) is 4.79 Å². The van der Waals surface area contributed by atoms with Gasteiger partial charge in [-0.3, -0.25) is 4.79 Å². The highest BCUT2D eigenvalue weighted by Gasteiger charge is 2.05. The van der Waals surface area contributed by atoms with E-state index in [1.54, 1.807) is 18.5 Å². The minimum Gasteiger partial charge on any atom is -0.298 e. The minimum atomic E-state index is 0.648. The van der Waals surface area contributed by atoms with Crippen LogP contribution in [-0.2, 0) is 0 Å². The molecule has 80 valence electrons. The molecule has 2 aromatic rings. The standard InChI is InChI=1S/C12H10N2OS/c1-9-3-4-11(10(7-9)8-15)16-12-13-5-2-6-14-12/h2-8H,1H3. The van der Waals surface area contributed by atoms with E-state index in [-0.39, 0.29) is 0 Å². The van der Waals surface area contributed by atoms with Gasteiger partial charge in [-0.15, -0.1) is 0 Å². The fourth-order valence-electron chi connectivity index (χ4n) is 1.29. The summed E-state index contributed by atoms with van der Waals surface area (Å²) in [6, 6.07) is 7.51. The summed E-state index contributed by atoms with van der Waals surface area (Å²) in [5.41, 5.74) is 1.75. The number of aryl methyl sites for hydroxylation is 1. The third-order valence-electron chi connectivity index (χ3n) is 2.04. The molecule has 1 aromatic heterocycles. The van der Waals surface area contributed by atoms with Crippen LogP contribution in [0.4, 0.5) is 0 Å². The summed E-state index contributed by atoms with van der Waals surface area (Å²) in [6.45, 7) is 1.96. The molecule has 0 bridgehead atoms. The molecular formula is C12H10N2OS. The molecule has 0 fully saturated rings. The van der Waals surface area contributed by atoms with Gasteiger partial charge in [-0.1, -0.05) is 11.6 Å². The van der Waals surface area contributed by atoms with Gasteiger partial charge in [0.2, 0.25) is 0 Å². The second-order valence-electron chi connectivity index (χ2n) is 3.29. The van der Waals surface area contributed by atoms with Crippen molar-refractivity contribution in [1.29, 1.82) is 0 Å². The number of aromatic nitrogens is 2. The van der Waals surface area contributed by atoms with Gasteiger partial charge in [0, 0.05) is 22.9 Å². The van der Waals surface area contributed by atoms with Crippen LogP contribution < -0.4 is 0 Å². The van der Waals surface area contributed by atoms with Crippen LogP contribution in [-0.4, -0.2) is 16.3 Å². The van der Waals surface area contributed by atoms with E-state index in [0.717, 1.165) is 16.7 Å². The molecule has 0 N–H and O–H groups in total. The second kappa shape index (κ2) is 4.90. The van der Waals surface area contributed by atoms with Gasteiger partial charge in [-0.05, 0) is 36.9 Å². The molecule has 0 unspecified atom stereocenters. The molecule has 0 saturated heterocycles. The van der Waals surface area contributed by atoms with Crippen molar-refractivity contribution in [2.75, 3.05) is 0 Å². The Morgan fingerprint density at radius 3 is 2.69 bits per heavy atom. The number of hydrogen-bond donors (Lipinski definition) is 0. The Morgan fingerprint density at radius 1 is 1.25 bits per heavy atom. The van der Waals surface area contributed by atoms with Crippen molar-refractivity contribution in [3.8, 4) is 0 Å². The Hall–Kier alpha value is -1.68. The summed E-state index contributed by atoms with van der Waals surface area (Å²) < 4.78 is 0. The fourth-order valence-corrected chi connectivity index (χ4v) is 2.07. The van der Waals surface area contributed by atoms with Gasteiger partial charge in [0.05, 0.1) is 0 Å². The molecule has 0 aliphatic carbocycles. The van der Waals surface area contributed by atoms with Gasteiger partial charge >= 0.3 is 0 Å². The Balaban J connectivity index is 2.31. The molecule has 0 saturated carbocycles.